The number of aliphatic hydroxyl groups is 1. The number of carbonyl (C=O) groups is 1. The van der Waals surface area contributed by atoms with Gasteiger partial charge in [-0.3, -0.25) is 4.79 Å². The van der Waals surface area contributed by atoms with Crippen molar-refractivity contribution >= 4 is 17.1 Å². The van der Waals surface area contributed by atoms with Gasteiger partial charge < -0.3 is 14.6 Å². The Labute approximate surface area is 145 Å². The number of carbonyl (C=O) groups excluding carboxylic acids is 1. The summed E-state index contributed by atoms with van der Waals surface area (Å²) in [4.78, 5) is 12.4. The van der Waals surface area contributed by atoms with Crippen LogP contribution >= 0.6 is 11.3 Å². The Hall–Kier alpha value is -2.48. The van der Waals surface area contributed by atoms with Crippen molar-refractivity contribution in [2.45, 2.75) is 25.1 Å². The second kappa shape index (κ2) is 6.79. The van der Waals surface area contributed by atoms with Crippen molar-refractivity contribution in [3.8, 4) is 16.6 Å². The smallest absolute Gasteiger partial charge is 0.512 e. The summed E-state index contributed by atoms with van der Waals surface area (Å²) in [6.07, 6.45) is -2.86. The van der Waals surface area contributed by atoms with Gasteiger partial charge >= 0.3 is 6.36 Å². The number of ketones is 1. The summed E-state index contributed by atoms with van der Waals surface area (Å²) in [5, 5.41) is 10.1. The Morgan fingerprint density at radius 1 is 1.12 bits per heavy atom. The number of hydrogen-bond donors (Lipinski definition) is 1. The molecule has 0 radical (unpaired) electrons. The van der Waals surface area contributed by atoms with E-state index >= 15 is 0 Å². The molecule has 1 aliphatic rings. The van der Waals surface area contributed by atoms with Gasteiger partial charge in [0.05, 0.1) is 5.76 Å². The summed E-state index contributed by atoms with van der Waals surface area (Å²) in [5.74, 6) is -0.372. The highest BCUT2D eigenvalue weighted by Crippen LogP contribution is 2.39. The summed E-state index contributed by atoms with van der Waals surface area (Å²) in [7, 11) is 0. The zero-order chi connectivity index (χ0) is 18.0. The molecule has 2 aromatic rings. The Morgan fingerprint density at radius 2 is 1.88 bits per heavy atom. The minimum atomic E-state index is -4.77. The van der Waals surface area contributed by atoms with Gasteiger partial charge in [-0.25, -0.2) is 0 Å². The third-order valence-corrected chi connectivity index (χ3v) is 4.62. The molecule has 0 bridgehead atoms. The van der Waals surface area contributed by atoms with E-state index in [4.69, 9.17) is 4.74 Å². The zero-order valence-electron chi connectivity index (χ0n) is 12.7. The number of thiophene rings is 1. The topological polar surface area (TPSA) is 55.8 Å². The lowest BCUT2D eigenvalue weighted by Crippen LogP contribution is -2.16. The van der Waals surface area contributed by atoms with Crippen LogP contribution in [0.4, 0.5) is 13.2 Å². The quantitative estimate of drug-likeness (QED) is 0.791. The largest absolute Gasteiger partial charge is 0.573 e. The van der Waals surface area contributed by atoms with Gasteiger partial charge in [-0.2, -0.15) is 0 Å². The molecule has 1 atom stereocenters. The zero-order valence-corrected chi connectivity index (χ0v) is 13.6. The molecule has 132 valence electrons. The highest BCUT2D eigenvalue weighted by atomic mass is 32.1. The predicted molar refractivity (Wildman–Crippen MR) is 85.2 cm³/mol. The Kier molecular flexibility index (Phi) is 4.71. The minimum absolute atomic E-state index is 0.0501. The molecule has 1 aromatic heterocycles. The van der Waals surface area contributed by atoms with Gasteiger partial charge in [0.2, 0.25) is 0 Å². The summed E-state index contributed by atoms with van der Waals surface area (Å²) in [5.41, 5.74) is 0. The molecule has 1 heterocycles. The number of allylic oxidation sites excluding steroid dienone is 2. The molecule has 0 aliphatic heterocycles. The number of aliphatic hydroxyl groups excluding tert-OH is 1. The van der Waals surface area contributed by atoms with Crippen molar-refractivity contribution < 1.29 is 32.5 Å². The second-order valence-corrected chi connectivity index (χ2v) is 6.57. The van der Waals surface area contributed by atoms with Crippen molar-refractivity contribution in [2.75, 3.05) is 0 Å². The van der Waals surface area contributed by atoms with Gasteiger partial charge in [-0.1, -0.05) is 6.07 Å². The first-order valence-corrected chi connectivity index (χ1v) is 8.16. The maximum Gasteiger partial charge on any atom is 0.573 e. The van der Waals surface area contributed by atoms with Gasteiger partial charge in [0.25, 0.3) is 0 Å². The van der Waals surface area contributed by atoms with E-state index < -0.39 is 6.36 Å². The number of halogens is 3. The van der Waals surface area contributed by atoms with Crippen LogP contribution in [0.15, 0.2) is 48.2 Å². The summed E-state index contributed by atoms with van der Waals surface area (Å²) < 4.78 is 46.2. The highest BCUT2D eigenvalue weighted by molar-refractivity contribution is 7.13. The lowest BCUT2D eigenvalue weighted by molar-refractivity contribution is -0.274. The van der Waals surface area contributed by atoms with Gasteiger partial charge in [0.15, 0.2) is 10.8 Å². The van der Waals surface area contributed by atoms with Gasteiger partial charge in [-0.15, -0.1) is 24.5 Å². The number of rotatable bonds is 4. The first kappa shape index (κ1) is 17.3. The number of hydrogen-bond acceptors (Lipinski definition) is 5. The van der Waals surface area contributed by atoms with E-state index in [1.54, 1.807) is 12.1 Å². The van der Waals surface area contributed by atoms with E-state index in [1.165, 1.54) is 35.6 Å². The number of ether oxygens (including phenoxy) is 2. The first-order chi connectivity index (χ1) is 11.8. The van der Waals surface area contributed by atoms with Crippen molar-refractivity contribution in [2.24, 2.45) is 0 Å². The number of benzene rings is 1. The fourth-order valence-corrected chi connectivity index (χ4v) is 3.51. The molecular weight excluding hydrogens is 357 g/mol. The molecule has 4 nitrogen and oxygen atoms in total. The van der Waals surface area contributed by atoms with Crippen LogP contribution in [0.2, 0.25) is 0 Å². The second-order valence-electron chi connectivity index (χ2n) is 5.49. The Morgan fingerprint density at radius 3 is 2.60 bits per heavy atom. The maximum atomic E-state index is 12.3. The Balaban J connectivity index is 1.71. The summed E-state index contributed by atoms with van der Waals surface area (Å²) in [6.45, 7) is 0. The van der Waals surface area contributed by atoms with Crippen molar-refractivity contribution in [1.29, 1.82) is 0 Å². The summed E-state index contributed by atoms with van der Waals surface area (Å²) in [6, 6.07) is 8.70. The average molecular weight is 370 g/mol. The van der Waals surface area contributed by atoms with E-state index in [-0.39, 0.29) is 29.0 Å². The van der Waals surface area contributed by atoms with Crippen LogP contribution in [-0.4, -0.2) is 17.3 Å². The minimum Gasteiger partial charge on any atom is -0.512 e. The van der Waals surface area contributed by atoms with Crippen molar-refractivity contribution in [3.63, 3.8) is 0 Å². The molecule has 3 rings (SSSR count). The first-order valence-electron chi connectivity index (χ1n) is 7.34. The molecule has 8 heteroatoms. The molecule has 0 fully saturated rings. The SMILES string of the molecule is O=C1C=C(O)CC(c2ccc(Oc3cccc(OC(F)(F)F)c3)s2)C1. The molecule has 25 heavy (non-hydrogen) atoms. The molecule has 1 N–H and O–H groups in total. The molecule has 0 spiro atoms. The van der Waals surface area contributed by atoms with Gasteiger partial charge in [0.1, 0.15) is 11.5 Å². The molecular formula is C17H13F3O4S. The van der Waals surface area contributed by atoms with Crippen LogP contribution in [0.25, 0.3) is 0 Å². The Bertz CT molecular complexity index is 810. The lowest BCUT2D eigenvalue weighted by atomic mass is 9.91. The van der Waals surface area contributed by atoms with Crippen LogP contribution in [0.3, 0.4) is 0 Å². The van der Waals surface area contributed by atoms with Gasteiger partial charge in [-0.05, 0) is 24.3 Å². The van der Waals surface area contributed by atoms with E-state index in [2.05, 4.69) is 4.74 Å². The molecule has 1 unspecified atom stereocenters. The van der Waals surface area contributed by atoms with Crippen LogP contribution in [0, 0.1) is 0 Å². The standard InChI is InChI=1S/C17H13F3O4S/c18-17(19,20)24-14-3-1-2-13(9-14)23-16-5-4-15(25-16)10-6-11(21)8-12(22)7-10/h1-5,8-10,21H,6-7H2. The van der Waals surface area contributed by atoms with E-state index in [9.17, 15) is 23.1 Å². The average Bonchev–Trinajstić information content (AvgIpc) is 2.93. The van der Waals surface area contributed by atoms with Crippen molar-refractivity contribution in [3.05, 3.63) is 53.1 Å². The van der Waals surface area contributed by atoms with Gasteiger partial charge in [0, 0.05) is 35.8 Å². The fraction of sp³-hybridized carbons (Fsp3) is 0.235. The third kappa shape index (κ3) is 4.76. The lowest BCUT2D eigenvalue weighted by Gasteiger charge is -2.17. The van der Waals surface area contributed by atoms with Crippen LogP contribution in [0.1, 0.15) is 23.6 Å². The molecule has 0 saturated heterocycles. The van der Waals surface area contributed by atoms with E-state index in [1.807, 2.05) is 0 Å². The fourth-order valence-electron chi connectivity index (χ4n) is 2.53. The normalized spacial score (nSPS) is 18.0. The van der Waals surface area contributed by atoms with E-state index in [0.717, 1.165) is 10.9 Å². The molecule has 0 amide bonds. The van der Waals surface area contributed by atoms with Crippen LogP contribution < -0.4 is 9.47 Å². The summed E-state index contributed by atoms with van der Waals surface area (Å²) >= 11 is 1.28. The van der Waals surface area contributed by atoms with Crippen LogP contribution in [0.5, 0.6) is 16.6 Å². The van der Waals surface area contributed by atoms with E-state index in [0.29, 0.717) is 17.9 Å². The maximum absolute atomic E-state index is 12.3. The molecule has 1 aromatic carbocycles. The van der Waals surface area contributed by atoms with Crippen LogP contribution in [-0.2, 0) is 4.79 Å². The predicted octanol–water partition coefficient (Wildman–Crippen LogP) is 5.33. The van der Waals surface area contributed by atoms with Crippen molar-refractivity contribution in [1.82, 2.24) is 0 Å². The molecule has 0 saturated carbocycles. The monoisotopic (exact) mass is 370 g/mol. The molecule has 1 aliphatic carbocycles. The third-order valence-electron chi connectivity index (χ3n) is 3.49. The number of alkyl halides is 3. The highest BCUT2D eigenvalue weighted by Gasteiger charge is 2.31.